The molecule has 2 aromatic rings. The third kappa shape index (κ3) is 2.01. The maximum atomic E-state index is 5.38. The van der Waals surface area contributed by atoms with Crippen molar-refractivity contribution in [1.29, 1.82) is 0 Å². The predicted molar refractivity (Wildman–Crippen MR) is 63.2 cm³/mol. The van der Waals surface area contributed by atoms with Crippen molar-refractivity contribution in [3.05, 3.63) is 54.1 Å². The Bertz CT molecular complexity index is 446. The van der Waals surface area contributed by atoms with Crippen LogP contribution in [-0.2, 0) is 0 Å². The van der Waals surface area contributed by atoms with Crippen molar-refractivity contribution in [3.63, 3.8) is 0 Å². The van der Waals surface area contributed by atoms with Gasteiger partial charge in [-0.25, -0.2) is 0 Å². The van der Waals surface area contributed by atoms with Crippen molar-refractivity contribution < 1.29 is 4.74 Å². The topological polar surface area (TPSA) is 9.23 Å². The summed E-state index contributed by atoms with van der Waals surface area (Å²) in [7, 11) is 1.71. The van der Waals surface area contributed by atoms with Crippen LogP contribution in [0.4, 0.5) is 0 Å². The molecular formula is C14H14O. The van der Waals surface area contributed by atoms with E-state index >= 15 is 0 Å². The monoisotopic (exact) mass is 198 g/mol. The second kappa shape index (κ2) is 4.18. The summed E-state index contributed by atoms with van der Waals surface area (Å²) in [5.41, 5.74) is 3.55. The van der Waals surface area contributed by atoms with E-state index in [1.165, 1.54) is 11.1 Å². The van der Waals surface area contributed by atoms with E-state index in [0.29, 0.717) is 0 Å². The molecule has 0 N–H and O–H groups in total. The molecule has 1 nitrogen and oxygen atoms in total. The Kier molecular flexibility index (Phi) is 2.72. The average Bonchev–Trinajstić information content (AvgIpc) is 2.30. The minimum Gasteiger partial charge on any atom is -0.496 e. The summed E-state index contributed by atoms with van der Waals surface area (Å²) < 4.78 is 5.38. The molecule has 15 heavy (non-hydrogen) atoms. The zero-order valence-electron chi connectivity index (χ0n) is 9.03. The van der Waals surface area contributed by atoms with Crippen molar-refractivity contribution >= 4 is 0 Å². The summed E-state index contributed by atoms with van der Waals surface area (Å²) in [5.74, 6) is 0.932. The quantitative estimate of drug-likeness (QED) is 0.715. The van der Waals surface area contributed by atoms with E-state index in [1.807, 2.05) is 18.2 Å². The molecule has 0 atom stereocenters. The number of hydrogen-bond acceptors (Lipinski definition) is 1. The number of methoxy groups -OCH3 is 1. The lowest BCUT2D eigenvalue weighted by molar-refractivity contribution is 0.416. The molecule has 0 amide bonds. The maximum absolute atomic E-state index is 5.38. The molecular weight excluding hydrogens is 184 g/mol. The van der Waals surface area contributed by atoms with Crippen LogP contribution in [-0.4, -0.2) is 7.11 Å². The minimum atomic E-state index is 0.932. The molecule has 0 aromatic heterocycles. The molecule has 1 heteroatoms. The maximum Gasteiger partial charge on any atom is 0.126 e. The van der Waals surface area contributed by atoms with E-state index < -0.39 is 0 Å². The van der Waals surface area contributed by atoms with Crippen LogP contribution in [0.1, 0.15) is 5.56 Å². The van der Waals surface area contributed by atoms with Gasteiger partial charge in [-0.15, -0.1) is 0 Å². The van der Waals surface area contributed by atoms with Crippen molar-refractivity contribution in [2.75, 3.05) is 7.11 Å². The van der Waals surface area contributed by atoms with Crippen molar-refractivity contribution in [2.45, 2.75) is 6.92 Å². The van der Waals surface area contributed by atoms with Gasteiger partial charge in [0.1, 0.15) is 5.75 Å². The molecule has 0 aliphatic rings. The first-order valence-corrected chi connectivity index (χ1v) is 5.01. The van der Waals surface area contributed by atoms with Gasteiger partial charge in [-0.3, -0.25) is 0 Å². The van der Waals surface area contributed by atoms with Gasteiger partial charge in [-0.2, -0.15) is 0 Å². The van der Waals surface area contributed by atoms with Crippen molar-refractivity contribution in [2.24, 2.45) is 0 Å². The molecule has 0 spiro atoms. The second-order valence-corrected chi connectivity index (χ2v) is 3.57. The van der Waals surface area contributed by atoms with E-state index in [4.69, 9.17) is 4.74 Å². The largest absolute Gasteiger partial charge is 0.496 e. The lowest BCUT2D eigenvalue weighted by Crippen LogP contribution is -1.88. The highest BCUT2D eigenvalue weighted by Gasteiger charge is 2.04. The molecule has 0 fully saturated rings. The van der Waals surface area contributed by atoms with Gasteiger partial charge >= 0.3 is 0 Å². The van der Waals surface area contributed by atoms with Crippen LogP contribution in [0.3, 0.4) is 0 Å². The fourth-order valence-electron chi connectivity index (χ4n) is 1.65. The van der Waals surface area contributed by atoms with Gasteiger partial charge in [-0.05, 0) is 24.1 Å². The molecule has 0 aliphatic carbocycles. The lowest BCUT2D eigenvalue weighted by Gasteiger charge is -2.09. The van der Waals surface area contributed by atoms with E-state index in [2.05, 4.69) is 37.3 Å². The molecule has 0 bridgehead atoms. The Morgan fingerprint density at radius 3 is 2.33 bits per heavy atom. The summed E-state index contributed by atoms with van der Waals surface area (Å²) >= 11 is 0. The molecule has 2 aromatic carbocycles. The van der Waals surface area contributed by atoms with Gasteiger partial charge in [0, 0.05) is 5.56 Å². The Morgan fingerprint density at radius 1 is 0.933 bits per heavy atom. The standard InChI is InChI=1S/C14H14O/c1-11-8-9-13(14(10-11)15-2)12-6-4-3-5-7-12/h3-10H,1-2H3. The molecule has 0 aliphatic heterocycles. The summed E-state index contributed by atoms with van der Waals surface area (Å²) in [6.07, 6.45) is 0. The number of aryl methyl sites for hydroxylation is 1. The summed E-state index contributed by atoms with van der Waals surface area (Å²) in [6, 6.07) is 16.5. The molecule has 2 rings (SSSR count). The van der Waals surface area contributed by atoms with Crippen LogP contribution in [0, 0.1) is 6.92 Å². The van der Waals surface area contributed by atoms with Gasteiger partial charge < -0.3 is 4.74 Å². The van der Waals surface area contributed by atoms with Gasteiger partial charge in [-0.1, -0.05) is 42.5 Å². The summed E-state index contributed by atoms with van der Waals surface area (Å²) in [4.78, 5) is 0. The molecule has 0 heterocycles. The highest BCUT2D eigenvalue weighted by Crippen LogP contribution is 2.30. The normalized spacial score (nSPS) is 10.0. The smallest absolute Gasteiger partial charge is 0.126 e. The lowest BCUT2D eigenvalue weighted by atomic mass is 10.0. The first-order valence-electron chi connectivity index (χ1n) is 5.01. The highest BCUT2D eigenvalue weighted by atomic mass is 16.5. The van der Waals surface area contributed by atoms with E-state index in [0.717, 1.165) is 11.3 Å². The first-order chi connectivity index (χ1) is 7.31. The zero-order chi connectivity index (χ0) is 10.7. The molecule has 0 radical (unpaired) electrons. The van der Waals surface area contributed by atoms with Gasteiger partial charge in [0.05, 0.1) is 7.11 Å². The number of hydrogen-bond donors (Lipinski definition) is 0. The molecule has 0 unspecified atom stereocenters. The SMILES string of the molecule is COc1cc(C)ccc1-c1ccccc1. The molecule has 0 saturated carbocycles. The van der Waals surface area contributed by atoms with Crippen LogP contribution >= 0.6 is 0 Å². The van der Waals surface area contributed by atoms with Crippen LogP contribution in [0.15, 0.2) is 48.5 Å². The summed E-state index contributed by atoms with van der Waals surface area (Å²) in [5, 5.41) is 0. The third-order valence-corrected chi connectivity index (χ3v) is 2.44. The Hall–Kier alpha value is -1.76. The van der Waals surface area contributed by atoms with Gasteiger partial charge in [0.25, 0.3) is 0 Å². The second-order valence-electron chi connectivity index (χ2n) is 3.57. The highest BCUT2D eigenvalue weighted by molar-refractivity contribution is 5.70. The summed E-state index contributed by atoms with van der Waals surface area (Å²) in [6.45, 7) is 2.07. The Labute approximate surface area is 90.3 Å². The van der Waals surface area contributed by atoms with Crippen LogP contribution in [0.25, 0.3) is 11.1 Å². The Morgan fingerprint density at radius 2 is 1.67 bits per heavy atom. The average molecular weight is 198 g/mol. The predicted octanol–water partition coefficient (Wildman–Crippen LogP) is 3.67. The van der Waals surface area contributed by atoms with Crippen molar-refractivity contribution in [3.8, 4) is 16.9 Å². The van der Waals surface area contributed by atoms with Crippen LogP contribution in [0.2, 0.25) is 0 Å². The number of benzene rings is 2. The van der Waals surface area contributed by atoms with Gasteiger partial charge in [0.2, 0.25) is 0 Å². The van der Waals surface area contributed by atoms with Crippen LogP contribution in [0.5, 0.6) is 5.75 Å². The zero-order valence-corrected chi connectivity index (χ0v) is 9.03. The Balaban J connectivity index is 2.53. The molecule has 76 valence electrons. The van der Waals surface area contributed by atoms with E-state index in [9.17, 15) is 0 Å². The minimum absolute atomic E-state index is 0.932. The van der Waals surface area contributed by atoms with Gasteiger partial charge in [0.15, 0.2) is 0 Å². The fourth-order valence-corrected chi connectivity index (χ4v) is 1.65. The number of rotatable bonds is 2. The van der Waals surface area contributed by atoms with E-state index in [-0.39, 0.29) is 0 Å². The van der Waals surface area contributed by atoms with E-state index in [1.54, 1.807) is 7.11 Å². The van der Waals surface area contributed by atoms with Crippen LogP contribution < -0.4 is 4.74 Å². The van der Waals surface area contributed by atoms with Crippen molar-refractivity contribution in [1.82, 2.24) is 0 Å². The third-order valence-electron chi connectivity index (χ3n) is 2.44. The fraction of sp³-hybridized carbons (Fsp3) is 0.143. The molecule has 0 saturated heterocycles. The first kappa shape index (κ1) is 9.78. The number of ether oxygens (including phenoxy) is 1.